The van der Waals surface area contributed by atoms with Gasteiger partial charge in [0.05, 0.1) is 6.61 Å². The van der Waals surface area contributed by atoms with Crippen molar-refractivity contribution in [1.29, 1.82) is 0 Å². The Balaban J connectivity index is 1.49. The van der Waals surface area contributed by atoms with E-state index in [0.29, 0.717) is 6.61 Å². The first-order valence-corrected chi connectivity index (χ1v) is 8.69. The van der Waals surface area contributed by atoms with Gasteiger partial charge in [0.15, 0.2) is 0 Å². The number of nitrogens with one attached hydrogen (secondary N) is 1. The number of hydrogen-bond acceptors (Lipinski definition) is 5. The Hall–Kier alpha value is -2.92. The van der Waals surface area contributed by atoms with Crippen molar-refractivity contribution in [2.75, 3.05) is 18.5 Å². The first kappa shape index (κ1) is 16.5. The molecule has 132 valence electrons. The van der Waals surface area contributed by atoms with Gasteiger partial charge in [-0.3, -0.25) is 0 Å². The lowest BCUT2D eigenvalue weighted by Crippen LogP contribution is -2.03. The number of hydrogen-bond donors (Lipinski definition) is 1. The zero-order chi connectivity index (χ0) is 17.9. The molecule has 0 amide bonds. The molecule has 3 aromatic rings. The lowest BCUT2D eigenvalue weighted by atomic mass is 10.1. The Labute approximate surface area is 153 Å². The number of epoxide rings is 1. The van der Waals surface area contributed by atoms with Crippen LogP contribution in [0.1, 0.15) is 11.1 Å². The summed E-state index contributed by atoms with van der Waals surface area (Å²) in [7, 11) is 0. The van der Waals surface area contributed by atoms with Crippen molar-refractivity contribution in [3.63, 3.8) is 0 Å². The number of nitrogens with zero attached hydrogens (tertiary/aromatic N) is 2. The molecule has 0 spiro atoms. The highest BCUT2D eigenvalue weighted by molar-refractivity contribution is 5.68. The second-order valence-corrected chi connectivity index (χ2v) is 6.47. The quantitative estimate of drug-likeness (QED) is 0.674. The lowest BCUT2D eigenvalue weighted by Gasteiger charge is -2.11. The van der Waals surface area contributed by atoms with E-state index < -0.39 is 0 Å². The largest absolute Gasteiger partial charge is 0.491 e. The molecule has 1 aliphatic rings. The molecule has 5 heteroatoms. The SMILES string of the molecule is Cc1cccnc1Nc1ncc(-c2ccc(OCC3CO3)cc2)cc1C. The minimum atomic E-state index is 0.268. The predicted molar refractivity (Wildman–Crippen MR) is 102 cm³/mol. The second-order valence-electron chi connectivity index (χ2n) is 6.47. The normalized spacial score (nSPS) is 15.5. The molecule has 0 bridgehead atoms. The van der Waals surface area contributed by atoms with Gasteiger partial charge < -0.3 is 14.8 Å². The van der Waals surface area contributed by atoms with Crippen LogP contribution in [0.3, 0.4) is 0 Å². The average Bonchev–Trinajstić information content (AvgIpc) is 3.48. The van der Waals surface area contributed by atoms with Crippen LogP contribution in [-0.2, 0) is 4.74 Å². The maximum atomic E-state index is 5.68. The van der Waals surface area contributed by atoms with Gasteiger partial charge in [0.25, 0.3) is 0 Å². The van der Waals surface area contributed by atoms with Gasteiger partial charge >= 0.3 is 0 Å². The minimum Gasteiger partial charge on any atom is -0.491 e. The summed E-state index contributed by atoms with van der Waals surface area (Å²) < 4.78 is 10.8. The first-order chi connectivity index (χ1) is 12.7. The van der Waals surface area contributed by atoms with Crippen LogP contribution in [0.2, 0.25) is 0 Å². The maximum Gasteiger partial charge on any atom is 0.134 e. The topological polar surface area (TPSA) is 59.6 Å². The monoisotopic (exact) mass is 347 g/mol. The van der Waals surface area contributed by atoms with E-state index in [4.69, 9.17) is 9.47 Å². The van der Waals surface area contributed by atoms with Crippen LogP contribution in [0, 0.1) is 13.8 Å². The number of ether oxygens (including phenoxy) is 2. The van der Waals surface area contributed by atoms with E-state index in [2.05, 4.69) is 33.5 Å². The number of rotatable bonds is 6. The smallest absolute Gasteiger partial charge is 0.134 e. The third-order valence-electron chi connectivity index (χ3n) is 4.35. The van der Waals surface area contributed by atoms with Crippen LogP contribution < -0.4 is 10.1 Å². The Morgan fingerprint density at radius 2 is 1.81 bits per heavy atom. The Bertz CT molecular complexity index is 905. The van der Waals surface area contributed by atoms with Gasteiger partial charge in [0.1, 0.15) is 30.1 Å². The summed E-state index contributed by atoms with van der Waals surface area (Å²) in [6, 6.07) is 14.1. The molecular weight excluding hydrogens is 326 g/mol. The lowest BCUT2D eigenvalue weighted by molar-refractivity contribution is 0.263. The molecule has 2 aromatic heterocycles. The number of aryl methyl sites for hydroxylation is 2. The van der Waals surface area contributed by atoms with Crippen LogP contribution in [0.15, 0.2) is 54.9 Å². The fourth-order valence-electron chi connectivity index (χ4n) is 2.69. The standard InChI is InChI=1S/C21H21N3O2/c1-14-4-3-9-22-20(14)24-21-15(2)10-17(11-23-21)16-5-7-18(8-6-16)25-12-19-13-26-19/h3-11,19H,12-13H2,1-2H3,(H,22,23,24). The molecule has 3 heterocycles. The molecule has 1 unspecified atom stereocenters. The number of pyridine rings is 2. The highest BCUT2D eigenvalue weighted by atomic mass is 16.6. The van der Waals surface area contributed by atoms with E-state index in [1.54, 1.807) is 6.20 Å². The van der Waals surface area contributed by atoms with E-state index >= 15 is 0 Å². The molecule has 4 rings (SSSR count). The van der Waals surface area contributed by atoms with Gasteiger partial charge in [-0.25, -0.2) is 9.97 Å². The van der Waals surface area contributed by atoms with Gasteiger partial charge in [-0.2, -0.15) is 0 Å². The molecule has 1 aliphatic heterocycles. The van der Waals surface area contributed by atoms with Crippen molar-refractivity contribution in [2.45, 2.75) is 20.0 Å². The van der Waals surface area contributed by atoms with Gasteiger partial charge in [0, 0.05) is 18.0 Å². The van der Waals surface area contributed by atoms with Gasteiger partial charge in [0.2, 0.25) is 0 Å². The summed E-state index contributed by atoms with van der Waals surface area (Å²) >= 11 is 0. The van der Waals surface area contributed by atoms with Crippen LogP contribution in [0.25, 0.3) is 11.1 Å². The minimum absolute atomic E-state index is 0.268. The van der Waals surface area contributed by atoms with Crippen molar-refractivity contribution >= 4 is 11.6 Å². The van der Waals surface area contributed by atoms with E-state index in [1.807, 2.05) is 44.3 Å². The molecule has 1 saturated heterocycles. The van der Waals surface area contributed by atoms with Gasteiger partial charge in [-0.05, 0) is 54.8 Å². The molecule has 0 aliphatic carbocycles. The highest BCUT2D eigenvalue weighted by Crippen LogP contribution is 2.26. The van der Waals surface area contributed by atoms with E-state index in [0.717, 1.165) is 46.2 Å². The number of aromatic nitrogens is 2. The van der Waals surface area contributed by atoms with Crippen LogP contribution in [0.4, 0.5) is 11.6 Å². The van der Waals surface area contributed by atoms with Crippen LogP contribution in [-0.4, -0.2) is 29.3 Å². The molecule has 1 aromatic carbocycles. The Morgan fingerprint density at radius 1 is 1.04 bits per heavy atom. The second kappa shape index (κ2) is 7.14. The zero-order valence-corrected chi connectivity index (χ0v) is 14.9. The number of anilines is 2. The van der Waals surface area contributed by atoms with Crippen molar-refractivity contribution in [1.82, 2.24) is 9.97 Å². The molecule has 0 saturated carbocycles. The molecule has 1 atom stereocenters. The third-order valence-corrected chi connectivity index (χ3v) is 4.35. The third kappa shape index (κ3) is 3.83. The molecule has 1 N–H and O–H groups in total. The Morgan fingerprint density at radius 3 is 2.50 bits per heavy atom. The summed E-state index contributed by atoms with van der Waals surface area (Å²) in [5.41, 5.74) is 4.34. The van der Waals surface area contributed by atoms with Crippen molar-refractivity contribution < 1.29 is 9.47 Å². The fourth-order valence-corrected chi connectivity index (χ4v) is 2.69. The van der Waals surface area contributed by atoms with Gasteiger partial charge in [-0.15, -0.1) is 0 Å². The summed E-state index contributed by atoms with van der Waals surface area (Å²) in [6.45, 7) is 5.50. The highest BCUT2D eigenvalue weighted by Gasteiger charge is 2.22. The van der Waals surface area contributed by atoms with Crippen molar-refractivity contribution in [3.8, 4) is 16.9 Å². The average molecular weight is 347 g/mol. The van der Waals surface area contributed by atoms with E-state index in [1.165, 1.54) is 0 Å². The van der Waals surface area contributed by atoms with Crippen LogP contribution >= 0.6 is 0 Å². The van der Waals surface area contributed by atoms with Crippen molar-refractivity contribution in [3.05, 3.63) is 66.0 Å². The predicted octanol–water partition coefficient (Wildman–Crippen LogP) is 4.28. The Kier molecular flexibility index (Phi) is 4.54. The fraction of sp³-hybridized carbons (Fsp3) is 0.238. The molecule has 1 fully saturated rings. The number of benzene rings is 1. The van der Waals surface area contributed by atoms with Crippen molar-refractivity contribution in [2.24, 2.45) is 0 Å². The van der Waals surface area contributed by atoms with Gasteiger partial charge in [-0.1, -0.05) is 18.2 Å². The first-order valence-electron chi connectivity index (χ1n) is 8.69. The maximum absolute atomic E-state index is 5.68. The summed E-state index contributed by atoms with van der Waals surface area (Å²) in [5, 5.41) is 3.31. The molecule has 0 radical (unpaired) electrons. The van der Waals surface area contributed by atoms with E-state index in [-0.39, 0.29) is 6.10 Å². The summed E-state index contributed by atoms with van der Waals surface area (Å²) in [5.74, 6) is 2.51. The molecular formula is C21H21N3O2. The van der Waals surface area contributed by atoms with E-state index in [9.17, 15) is 0 Å². The summed E-state index contributed by atoms with van der Waals surface area (Å²) in [4.78, 5) is 8.95. The molecule has 5 nitrogen and oxygen atoms in total. The summed E-state index contributed by atoms with van der Waals surface area (Å²) in [6.07, 6.45) is 3.92. The zero-order valence-electron chi connectivity index (χ0n) is 14.9. The van der Waals surface area contributed by atoms with Crippen LogP contribution in [0.5, 0.6) is 5.75 Å². The molecule has 26 heavy (non-hydrogen) atoms.